The van der Waals surface area contributed by atoms with Crippen LogP contribution in [0.1, 0.15) is 15.9 Å². The van der Waals surface area contributed by atoms with E-state index in [9.17, 15) is 18.3 Å². The molecule has 52 heavy (non-hydrogen) atoms. The highest BCUT2D eigenvalue weighted by molar-refractivity contribution is 7.93. The number of carboxylic acid groups (broad SMARTS) is 1. The highest BCUT2D eigenvalue weighted by Crippen LogP contribution is 2.40. The number of hydrogen-bond acceptors (Lipinski definition) is 11. The van der Waals surface area contributed by atoms with Crippen LogP contribution in [0.4, 0.5) is 21.5 Å². The zero-order valence-corrected chi connectivity index (χ0v) is 28.9. The fraction of sp³-hybridized carbons (Fsp3) is 0.270. The molecule has 5 aromatic rings. The molecule has 0 saturated carbocycles. The standard InChI is InChI=1S/C37H35FN6O7S/c1-49-28-7-5-25(6-8-28)42-52(47,48)32-18-40-31-15-24(29-17-39-16-23-9-12-51-36(23)29)14-30(38)34(31)35(32)41-33-19-43(10-11-44(33)27-20-50-21-27)26-4-2-3-22(13-26)37(45)46/h2-8,13-18,27,33,42H,9-12,19-21H2,1H3,(H,40,41)(H,45,46). The van der Waals surface area contributed by atoms with Gasteiger partial charge in [-0.05, 0) is 60.2 Å². The van der Waals surface area contributed by atoms with E-state index in [1.54, 1.807) is 54.9 Å². The van der Waals surface area contributed by atoms with Crippen molar-refractivity contribution in [2.24, 2.45) is 0 Å². The summed E-state index contributed by atoms with van der Waals surface area (Å²) in [6.45, 7) is 2.94. The van der Waals surface area contributed by atoms with Crippen molar-refractivity contribution < 1.29 is 36.9 Å². The van der Waals surface area contributed by atoms with Gasteiger partial charge in [0.25, 0.3) is 10.0 Å². The zero-order chi connectivity index (χ0) is 36.0. The monoisotopic (exact) mass is 726 g/mol. The Hall–Kier alpha value is -5.51. The zero-order valence-electron chi connectivity index (χ0n) is 28.1. The average Bonchev–Trinajstić information content (AvgIpc) is 3.61. The molecular weight excluding hydrogens is 692 g/mol. The van der Waals surface area contributed by atoms with E-state index in [0.717, 1.165) is 5.56 Å². The summed E-state index contributed by atoms with van der Waals surface area (Å²) in [5.41, 5.74) is 3.45. The number of halogens is 1. The van der Waals surface area contributed by atoms with Crippen LogP contribution in [0.2, 0.25) is 0 Å². The highest BCUT2D eigenvalue weighted by atomic mass is 32.2. The SMILES string of the molecule is COc1ccc(NS(=O)(=O)c2cnc3cc(-c4cncc5c4OCC5)cc(F)c3c2NC2CN(c3cccc(C(=O)O)c3)CCN2C2COC2)cc1. The molecule has 1 atom stereocenters. The third kappa shape index (κ3) is 6.31. The number of methoxy groups -OCH3 is 1. The van der Waals surface area contributed by atoms with Gasteiger partial charge in [-0.3, -0.25) is 19.6 Å². The number of fused-ring (bicyclic) bond motifs is 2. The predicted molar refractivity (Wildman–Crippen MR) is 192 cm³/mol. The number of rotatable bonds is 10. The van der Waals surface area contributed by atoms with Crippen LogP contribution in [-0.2, 0) is 21.2 Å². The Kier molecular flexibility index (Phi) is 8.77. The molecule has 0 spiro atoms. The molecule has 1 unspecified atom stereocenters. The van der Waals surface area contributed by atoms with Crippen molar-refractivity contribution in [3.05, 3.63) is 96.2 Å². The molecule has 268 valence electrons. The molecule has 3 N–H and O–H groups in total. The third-order valence-corrected chi connectivity index (χ3v) is 11.1. The maximum atomic E-state index is 16.7. The van der Waals surface area contributed by atoms with Gasteiger partial charge in [-0.15, -0.1) is 0 Å². The number of hydrogen-bond donors (Lipinski definition) is 3. The second-order valence-electron chi connectivity index (χ2n) is 12.8. The number of carboxylic acids is 1. The van der Waals surface area contributed by atoms with Crippen molar-refractivity contribution in [2.75, 3.05) is 61.5 Å². The summed E-state index contributed by atoms with van der Waals surface area (Å²) in [5, 5.41) is 13.1. The third-order valence-electron chi connectivity index (χ3n) is 9.70. The van der Waals surface area contributed by atoms with Crippen molar-refractivity contribution in [1.82, 2.24) is 14.9 Å². The Balaban J connectivity index is 1.24. The quantitative estimate of drug-likeness (QED) is 0.180. The largest absolute Gasteiger partial charge is 0.497 e. The summed E-state index contributed by atoms with van der Waals surface area (Å²) < 4.78 is 64.3. The second-order valence-corrected chi connectivity index (χ2v) is 14.5. The van der Waals surface area contributed by atoms with Gasteiger partial charge in [-0.2, -0.15) is 0 Å². The van der Waals surface area contributed by atoms with E-state index in [1.807, 2.05) is 11.0 Å². The van der Waals surface area contributed by atoms with Gasteiger partial charge in [0.2, 0.25) is 0 Å². The molecule has 5 heterocycles. The van der Waals surface area contributed by atoms with E-state index in [1.165, 1.54) is 25.4 Å². The summed E-state index contributed by atoms with van der Waals surface area (Å²) in [4.78, 5) is 24.6. The van der Waals surface area contributed by atoms with Crippen molar-refractivity contribution in [3.8, 4) is 22.6 Å². The Morgan fingerprint density at radius 3 is 2.63 bits per heavy atom. The van der Waals surface area contributed by atoms with Crippen LogP contribution in [0.25, 0.3) is 22.0 Å². The number of ether oxygens (including phenoxy) is 3. The van der Waals surface area contributed by atoms with Gasteiger partial charge in [0, 0.05) is 54.4 Å². The Bertz CT molecular complexity index is 2290. The van der Waals surface area contributed by atoms with Gasteiger partial charge in [0.1, 0.15) is 22.2 Å². The Labute approximate surface area is 299 Å². The summed E-state index contributed by atoms with van der Waals surface area (Å²) in [6, 6.07) is 16.2. The minimum Gasteiger partial charge on any atom is -0.497 e. The number of nitrogens with one attached hydrogen (secondary N) is 2. The van der Waals surface area contributed by atoms with Crippen LogP contribution in [0.5, 0.6) is 11.5 Å². The number of carbonyl (C=O) groups is 1. The summed E-state index contributed by atoms with van der Waals surface area (Å²) in [5.74, 6) is -0.527. The molecular formula is C37H35FN6O7S. The van der Waals surface area contributed by atoms with Crippen LogP contribution >= 0.6 is 0 Å². The summed E-state index contributed by atoms with van der Waals surface area (Å²) >= 11 is 0. The van der Waals surface area contributed by atoms with Crippen molar-refractivity contribution in [2.45, 2.75) is 23.5 Å². The first-order valence-corrected chi connectivity index (χ1v) is 18.2. The smallest absolute Gasteiger partial charge is 0.335 e. The molecule has 3 aliphatic heterocycles. The molecule has 13 nitrogen and oxygen atoms in total. The number of anilines is 3. The van der Waals surface area contributed by atoms with Crippen molar-refractivity contribution in [1.29, 1.82) is 0 Å². The number of sulfonamides is 1. The lowest BCUT2D eigenvalue weighted by molar-refractivity contribution is -0.0780. The summed E-state index contributed by atoms with van der Waals surface area (Å²) in [6.07, 6.45) is 4.75. The highest BCUT2D eigenvalue weighted by Gasteiger charge is 2.37. The van der Waals surface area contributed by atoms with E-state index in [0.29, 0.717) is 74.2 Å². The Morgan fingerprint density at radius 2 is 1.88 bits per heavy atom. The summed E-state index contributed by atoms with van der Waals surface area (Å²) in [7, 11) is -2.82. The normalized spacial score (nSPS) is 17.7. The first kappa shape index (κ1) is 33.6. The fourth-order valence-corrected chi connectivity index (χ4v) is 8.13. The van der Waals surface area contributed by atoms with E-state index in [-0.39, 0.29) is 38.8 Å². The lowest BCUT2D eigenvalue weighted by Gasteiger charge is -2.48. The van der Waals surface area contributed by atoms with Gasteiger partial charge in [-0.25, -0.2) is 17.6 Å². The predicted octanol–water partition coefficient (Wildman–Crippen LogP) is 4.84. The van der Waals surface area contributed by atoms with Gasteiger partial charge in [0.05, 0.1) is 74.0 Å². The Morgan fingerprint density at radius 1 is 1.06 bits per heavy atom. The molecule has 0 aliphatic carbocycles. The molecule has 0 bridgehead atoms. The molecule has 15 heteroatoms. The van der Waals surface area contributed by atoms with Gasteiger partial charge < -0.3 is 29.5 Å². The topological polar surface area (TPSA) is 155 Å². The van der Waals surface area contributed by atoms with Gasteiger partial charge in [0.15, 0.2) is 0 Å². The van der Waals surface area contributed by atoms with Crippen LogP contribution in [-0.4, -0.2) is 93.1 Å². The minimum absolute atomic E-state index is 0.00221. The molecule has 2 aromatic heterocycles. The number of piperazine rings is 1. The molecule has 0 amide bonds. The van der Waals surface area contributed by atoms with E-state index in [4.69, 9.17) is 14.2 Å². The number of aromatic carboxylic acids is 1. The fourth-order valence-electron chi connectivity index (χ4n) is 6.95. The molecule has 8 rings (SSSR count). The average molecular weight is 727 g/mol. The number of pyridine rings is 2. The number of aromatic nitrogens is 2. The van der Waals surface area contributed by atoms with Gasteiger partial charge >= 0.3 is 5.97 Å². The van der Waals surface area contributed by atoms with Crippen molar-refractivity contribution >= 4 is 44.0 Å². The van der Waals surface area contributed by atoms with Crippen LogP contribution in [0.15, 0.2) is 84.1 Å². The number of benzene rings is 3. The number of nitrogens with zero attached hydrogens (tertiary/aromatic N) is 4. The van der Waals surface area contributed by atoms with Crippen LogP contribution in [0, 0.1) is 5.82 Å². The molecule has 3 aliphatic rings. The first-order valence-electron chi connectivity index (χ1n) is 16.8. The second kappa shape index (κ2) is 13.6. The molecule has 2 fully saturated rings. The first-order chi connectivity index (χ1) is 25.2. The van der Waals surface area contributed by atoms with Crippen LogP contribution in [0.3, 0.4) is 0 Å². The lowest BCUT2D eigenvalue weighted by Crippen LogP contribution is -2.64. The van der Waals surface area contributed by atoms with Crippen molar-refractivity contribution in [3.63, 3.8) is 0 Å². The van der Waals surface area contributed by atoms with E-state index >= 15 is 4.39 Å². The van der Waals surface area contributed by atoms with E-state index in [2.05, 4.69) is 24.9 Å². The lowest BCUT2D eigenvalue weighted by atomic mass is 10.0. The van der Waals surface area contributed by atoms with Crippen LogP contribution < -0.4 is 24.4 Å². The maximum absolute atomic E-state index is 16.7. The molecule has 3 aromatic carbocycles. The molecule has 0 radical (unpaired) electrons. The van der Waals surface area contributed by atoms with E-state index < -0.39 is 28.0 Å². The minimum atomic E-state index is -4.34. The molecule has 2 saturated heterocycles. The maximum Gasteiger partial charge on any atom is 0.335 e. The van der Waals surface area contributed by atoms with Gasteiger partial charge in [-0.1, -0.05) is 6.07 Å².